The second kappa shape index (κ2) is 4.51. The van der Waals surface area contributed by atoms with Gasteiger partial charge in [0.05, 0.1) is 0 Å². The van der Waals surface area contributed by atoms with E-state index in [-0.39, 0.29) is 0 Å². The Morgan fingerprint density at radius 3 is 3.00 bits per heavy atom. The van der Waals surface area contributed by atoms with Crippen molar-refractivity contribution in [3.8, 4) is 0 Å². The molecule has 4 N–H and O–H groups in total. The summed E-state index contributed by atoms with van der Waals surface area (Å²) in [6, 6.07) is -0.799. The van der Waals surface area contributed by atoms with Crippen LogP contribution in [-0.2, 0) is 11.2 Å². The number of carboxylic acid groups (broad SMARTS) is 1. The highest BCUT2D eigenvalue weighted by Crippen LogP contribution is 1.99. The van der Waals surface area contributed by atoms with Crippen molar-refractivity contribution in [3.63, 3.8) is 0 Å². The van der Waals surface area contributed by atoms with Crippen molar-refractivity contribution in [1.29, 1.82) is 0 Å². The molecule has 0 aromatic carbocycles. The SMILES string of the molecule is NC(CCCc1nn[nH]n1)C(=O)O. The van der Waals surface area contributed by atoms with Gasteiger partial charge in [0.2, 0.25) is 0 Å². The average Bonchev–Trinajstić information content (AvgIpc) is 2.56. The van der Waals surface area contributed by atoms with E-state index in [4.69, 9.17) is 10.8 Å². The van der Waals surface area contributed by atoms with Crippen LogP contribution in [0.2, 0.25) is 0 Å². The van der Waals surface area contributed by atoms with Gasteiger partial charge in [-0.15, -0.1) is 10.2 Å². The number of carbonyl (C=O) groups is 1. The zero-order valence-corrected chi connectivity index (χ0v) is 6.97. The molecule has 7 nitrogen and oxygen atoms in total. The number of H-pyrrole nitrogens is 1. The molecule has 0 aliphatic carbocycles. The lowest BCUT2D eigenvalue weighted by Gasteiger charge is -2.03. The molecule has 0 bridgehead atoms. The molecule has 1 aromatic heterocycles. The van der Waals surface area contributed by atoms with Crippen molar-refractivity contribution in [2.75, 3.05) is 0 Å². The van der Waals surface area contributed by atoms with E-state index in [1.807, 2.05) is 0 Å². The second-order valence-electron chi connectivity index (χ2n) is 2.66. The van der Waals surface area contributed by atoms with Crippen LogP contribution in [0.5, 0.6) is 0 Å². The van der Waals surface area contributed by atoms with Crippen molar-refractivity contribution in [2.24, 2.45) is 5.73 Å². The van der Waals surface area contributed by atoms with Crippen molar-refractivity contribution in [3.05, 3.63) is 5.82 Å². The first-order valence-electron chi connectivity index (χ1n) is 3.91. The highest BCUT2D eigenvalue weighted by atomic mass is 16.4. The lowest BCUT2D eigenvalue weighted by Crippen LogP contribution is -2.29. The minimum absolute atomic E-state index is 0.421. The number of hydrogen-bond acceptors (Lipinski definition) is 5. The molecule has 1 rings (SSSR count). The first kappa shape index (κ1) is 9.59. The maximum Gasteiger partial charge on any atom is 0.320 e. The molecule has 0 saturated heterocycles. The van der Waals surface area contributed by atoms with E-state index in [2.05, 4.69) is 20.6 Å². The van der Waals surface area contributed by atoms with E-state index in [0.717, 1.165) is 0 Å². The minimum atomic E-state index is -0.979. The largest absolute Gasteiger partial charge is 0.480 e. The number of nitrogens with two attached hydrogens (primary N) is 1. The van der Waals surface area contributed by atoms with E-state index in [0.29, 0.717) is 25.1 Å². The maximum atomic E-state index is 10.3. The van der Waals surface area contributed by atoms with Gasteiger partial charge in [0.15, 0.2) is 5.82 Å². The smallest absolute Gasteiger partial charge is 0.320 e. The fourth-order valence-electron chi connectivity index (χ4n) is 0.892. The normalized spacial score (nSPS) is 12.7. The fraction of sp³-hybridized carbons (Fsp3) is 0.667. The van der Waals surface area contributed by atoms with Crippen LogP contribution in [0.25, 0.3) is 0 Å². The molecule has 0 aliphatic heterocycles. The molecule has 1 heterocycles. The van der Waals surface area contributed by atoms with Gasteiger partial charge in [0, 0.05) is 6.42 Å². The third-order valence-electron chi connectivity index (χ3n) is 1.62. The molecule has 1 aromatic rings. The van der Waals surface area contributed by atoms with Gasteiger partial charge in [-0.05, 0) is 12.8 Å². The monoisotopic (exact) mass is 185 g/mol. The molecule has 72 valence electrons. The lowest BCUT2D eigenvalue weighted by molar-refractivity contribution is -0.138. The Morgan fingerprint density at radius 2 is 2.46 bits per heavy atom. The first-order valence-corrected chi connectivity index (χ1v) is 3.91. The van der Waals surface area contributed by atoms with Gasteiger partial charge in [-0.25, -0.2) is 0 Å². The standard InChI is InChI=1S/C6H11N5O2/c7-4(6(12)13)2-1-3-5-8-10-11-9-5/h4H,1-3,7H2,(H,12,13)(H,8,9,10,11). The number of aliphatic carboxylic acids is 1. The molecule has 0 fully saturated rings. The molecule has 7 heteroatoms. The topological polar surface area (TPSA) is 118 Å². The number of carboxylic acids is 1. The summed E-state index contributed by atoms with van der Waals surface area (Å²) in [7, 11) is 0. The molecular weight excluding hydrogens is 174 g/mol. The Morgan fingerprint density at radius 1 is 1.69 bits per heavy atom. The van der Waals surface area contributed by atoms with E-state index < -0.39 is 12.0 Å². The van der Waals surface area contributed by atoms with Gasteiger partial charge in [-0.1, -0.05) is 5.21 Å². The van der Waals surface area contributed by atoms with Gasteiger partial charge >= 0.3 is 5.97 Å². The molecule has 0 aliphatic rings. The fourth-order valence-corrected chi connectivity index (χ4v) is 0.892. The van der Waals surface area contributed by atoms with Crippen LogP contribution < -0.4 is 5.73 Å². The van der Waals surface area contributed by atoms with E-state index in [9.17, 15) is 4.79 Å². The van der Waals surface area contributed by atoms with Crippen molar-refractivity contribution in [1.82, 2.24) is 20.6 Å². The third-order valence-corrected chi connectivity index (χ3v) is 1.62. The molecular formula is C6H11N5O2. The Hall–Kier alpha value is -1.50. The number of aryl methyl sites for hydroxylation is 1. The summed E-state index contributed by atoms with van der Waals surface area (Å²) in [5, 5.41) is 21.6. The molecule has 0 saturated carbocycles. The highest BCUT2D eigenvalue weighted by molar-refractivity contribution is 5.72. The Labute approximate surface area is 74.3 Å². The van der Waals surface area contributed by atoms with Crippen LogP contribution in [0.3, 0.4) is 0 Å². The molecule has 1 atom stereocenters. The molecule has 0 amide bonds. The van der Waals surface area contributed by atoms with Gasteiger partial charge < -0.3 is 10.8 Å². The zero-order valence-electron chi connectivity index (χ0n) is 6.97. The number of nitrogens with one attached hydrogen (secondary N) is 1. The summed E-state index contributed by atoms with van der Waals surface area (Å²) < 4.78 is 0. The predicted molar refractivity (Wildman–Crippen MR) is 42.7 cm³/mol. The number of aromatic amines is 1. The summed E-state index contributed by atoms with van der Waals surface area (Å²) in [6.07, 6.45) is 1.66. The van der Waals surface area contributed by atoms with Crippen LogP contribution >= 0.6 is 0 Å². The van der Waals surface area contributed by atoms with E-state index in [1.165, 1.54) is 0 Å². The van der Waals surface area contributed by atoms with Crippen molar-refractivity contribution < 1.29 is 9.90 Å². The van der Waals surface area contributed by atoms with Crippen molar-refractivity contribution >= 4 is 5.97 Å². The summed E-state index contributed by atoms with van der Waals surface area (Å²) >= 11 is 0. The van der Waals surface area contributed by atoms with Crippen LogP contribution in [0.4, 0.5) is 0 Å². The van der Waals surface area contributed by atoms with Crippen molar-refractivity contribution in [2.45, 2.75) is 25.3 Å². The Bertz CT molecular complexity index is 260. The van der Waals surface area contributed by atoms with Gasteiger partial charge in [-0.2, -0.15) is 5.21 Å². The highest BCUT2D eigenvalue weighted by Gasteiger charge is 2.10. The lowest BCUT2D eigenvalue weighted by atomic mass is 10.1. The minimum Gasteiger partial charge on any atom is -0.480 e. The maximum absolute atomic E-state index is 10.3. The number of tetrazole rings is 1. The number of hydrogen-bond donors (Lipinski definition) is 3. The zero-order chi connectivity index (χ0) is 9.68. The number of rotatable bonds is 5. The van der Waals surface area contributed by atoms with Gasteiger partial charge in [-0.3, -0.25) is 4.79 Å². The molecule has 1 unspecified atom stereocenters. The average molecular weight is 185 g/mol. The summed E-state index contributed by atoms with van der Waals surface area (Å²) in [5.74, 6) is -0.397. The molecule has 0 spiro atoms. The second-order valence-corrected chi connectivity index (χ2v) is 2.66. The number of aromatic nitrogens is 4. The summed E-state index contributed by atoms with van der Waals surface area (Å²) in [4.78, 5) is 10.3. The van der Waals surface area contributed by atoms with Crippen LogP contribution in [0, 0.1) is 0 Å². The van der Waals surface area contributed by atoms with Gasteiger partial charge in [0.1, 0.15) is 6.04 Å². The van der Waals surface area contributed by atoms with Crippen LogP contribution in [0.1, 0.15) is 18.7 Å². The quantitative estimate of drug-likeness (QED) is 0.537. The molecule has 0 radical (unpaired) electrons. The summed E-state index contributed by atoms with van der Waals surface area (Å²) in [5.41, 5.74) is 5.29. The molecule has 13 heavy (non-hydrogen) atoms. The van der Waals surface area contributed by atoms with Crippen LogP contribution in [0.15, 0.2) is 0 Å². The number of nitrogens with zero attached hydrogens (tertiary/aromatic N) is 3. The van der Waals surface area contributed by atoms with E-state index in [1.54, 1.807) is 0 Å². The third kappa shape index (κ3) is 3.16. The first-order chi connectivity index (χ1) is 6.20. The Balaban J connectivity index is 2.18. The summed E-state index contributed by atoms with van der Waals surface area (Å²) in [6.45, 7) is 0. The Kier molecular flexibility index (Phi) is 3.32. The van der Waals surface area contributed by atoms with Gasteiger partial charge in [0.25, 0.3) is 0 Å². The predicted octanol–water partition coefficient (Wildman–Crippen LogP) is -1.07. The van der Waals surface area contributed by atoms with E-state index >= 15 is 0 Å². The van der Waals surface area contributed by atoms with Crippen LogP contribution in [-0.4, -0.2) is 37.7 Å².